The van der Waals surface area contributed by atoms with Crippen molar-refractivity contribution in [1.82, 2.24) is 14.6 Å². The smallest absolute Gasteiger partial charge is 0.416 e. The first kappa shape index (κ1) is 25.7. The van der Waals surface area contributed by atoms with Crippen molar-refractivity contribution in [3.05, 3.63) is 70.0 Å². The van der Waals surface area contributed by atoms with Gasteiger partial charge in [0.15, 0.2) is 5.65 Å². The van der Waals surface area contributed by atoms with Crippen molar-refractivity contribution in [2.75, 3.05) is 11.5 Å². The van der Waals surface area contributed by atoms with Gasteiger partial charge in [-0.3, -0.25) is 15.0 Å². The molecule has 0 aliphatic carbocycles. The van der Waals surface area contributed by atoms with Crippen LogP contribution in [0.3, 0.4) is 0 Å². The van der Waals surface area contributed by atoms with Crippen molar-refractivity contribution in [3.63, 3.8) is 0 Å². The zero-order valence-corrected chi connectivity index (χ0v) is 20.9. The second kappa shape index (κ2) is 10.1. The van der Waals surface area contributed by atoms with Crippen LogP contribution in [0.1, 0.15) is 64.3 Å². The predicted molar refractivity (Wildman–Crippen MR) is 133 cm³/mol. The molecule has 2 aromatic heterocycles. The summed E-state index contributed by atoms with van der Waals surface area (Å²) in [5.74, 6) is 0.848. The molecule has 1 aromatic carbocycles. The van der Waals surface area contributed by atoms with Gasteiger partial charge in [0.05, 0.1) is 24.3 Å². The van der Waals surface area contributed by atoms with Gasteiger partial charge in [-0.1, -0.05) is 32.6 Å². The molecule has 3 aromatic rings. The number of ether oxygens (including phenoxy) is 2. The summed E-state index contributed by atoms with van der Waals surface area (Å²) in [6.45, 7) is 15.6. The molecule has 0 bridgehead atoms. The third kappa shape index (κ3) is 5.95. The quantitative estimate of drug-likeness (QED) is 0.230. The normalized spacial score (nSPS) is 11.5. The van der Waals surface area contributed by atoms with Crippen LogP contribution in [0.15, 0.2) is 43.1 Å². The van der Waals surface area contributed by atoms with Crippen molar-refractivity contribution >= 4 is 29.0 Å². The molecule has 35 heavy (non-hydrogen) atoms. The van der Waals surface area contributed by atoms with Crippen molar-refractivity contribution in [1.29, 1.82) is 0 Å². The van der Waals surface area contributed by atoms with Crippen LogP contribution >= 0.6 is 0 Å². The van der Waals surface area contributed by atoms with E-state index in [2.05, 4.69) is 11.7 Å². The Morgan fingerprint density at radius 3 is 2.60 bits per heavy atom. The van der Waals surface area contributed by atoms with Crippen LogP contribution in [0.4, 0.5) is 16.3 Å². The second-order valence-corrected chi connectivity index (χ2v) is 9.34. The number of amides is 1. The van der Waals surface area contributed by atoms with Crippen LogP contribution in [0.25, 0.3) is 11.4 Å². The molecular formula is C25H31N5O5. The van der Waals surface area contributed by atoms with E-state index in [-0.39, 0.29) is 18.2 Å². The number of carbonyl (C=O) groups is 1. The molecule has 1 amide bonds. The number of fused-ring (bicyclic) bond motifs is 1. The average molecular weight is 482 g/mol. The Bertz CT molecular complexity index is 1260. The molecule has 0 aliphatic heterocycles. The zero-order valence-electron chi connectivity index (χ0n) is 20.9. The van der Waals surface area contributed by atoms with Gasteiger partial charge >= 0.3 is 6.09 Å². The van der Waals surface area contributed by atoms with E-state index in [0.717, 1.165) is 5.56 Å². The first-order valence-corrected chi connectivity index (χ1v) is 11.4. The maximum absolute atomic E-state index is 13.4. The summed E-state index contributed by atoms with van der Waals surface area (Å²) < 4.78 is 12.9. The summed E-state index contributed by atoms with van der Waals surface area (Å²) in [5, 5.41) is 15.8. The first-order valence-electron chi connectivity index (χ1n) is 11.4. The highest BCUT2D eigenvalue weighted by Crippen LogP contribution is 2.29. The van der Waals surface area contributed by atoms with E-state index in [1.807, 2.05) is 20.8 Å². The molecule has 0 unspecified atom stereocenters. The Kier molecular flexibility index (Phi) is 7.42. The molecule has 0 radical (unpaired) electrons. The number of rotatable bonds is 8. The van der Waals surface area contributed by atoms with E-state index < -0.39 is 16.6 Å². The molecule has 0 fully saturated rings. The predicted octanol–water partition coefficient (Wildman–Crippen LogP) is 5.71. The van der Waals surface area contributed by atoms with Crippen molar-refractivity contribution in [3.8, 4) is 0 Å². The molecule has 0 saturated heterocycles. The molecule has 186 valence electrons. The zero-order chi connectivity index (χ0) is 25.9. The van der Waals surface area contributed by atoms with Crippen LogP contribution in [0.5, 0.6) is 0 Å². The number of non-ortho nitro benzene ring substituents is 1. The fourth-order valence-corrected chi connectivity index (χ4v) is 3.46. The van der Waals surface area contributed by atoms with Gasteiger partial charge < -0.3 is 9.47 Å². The Labute approximate surface area is 204 Å². The van der Waals surface area contributed by atoms with Crippen LogP contribution < -0.4 is 4.90 Å². The van der Waals surface area contributed by atoms with Crippen LogP contribution in [0, 0.1) is 10.1 Å². The molecular weight excluding hydrogens is 450 g/mol. The molecule has 10 heteroatoms. The summed E-state index contributed by atoms with van der Waals surface area (Å²) in [5.41, 5.74) is 1.60. The van der Waals surface area contributed by atoms with Crippen molar-refractivity contribution in [2.24, 2.45) is 0 Å². The van der Waals surface area contributed by atoms with E-state index in [9.17, 15) is 14.9 Å². The highest BCUT2D eigenvalue weighted by molar-refractivity contribution is 5.88. The van der Waals surface area contributed by atoms with Gasteiger partial charge in [0.1, 0.15) is 22.9 Å². The average Bonchev–Trinajstić information content (AvgIpc) is 3.20. The summed E-state index contributed by atoms with van der Waals surface area (Å²) in [4.78, 5) is 30.4. The fraction of sp³-hybridized carbons (Fsp3) is 0.400. The molecule has 3 rings (SSSR count). The number of hydrogen-bond donors (Lipinski definition) is 0. The topological polar surface area (TPSA) is 112 Å². The first-order chi connectivity index (χ1) is 16.4. The minimum Gasteiger partial charge on any atom is -0.492 e. The number of nitrogens with zero attached hydrogens (tertiary/aromatic N) is 5. The lowest BCUT2D eigenvalue weighted by Gasteiger charge is -2.28. The maximum Gasteiger partial charge on any atom is 0.416 e. The van der Waals surface area contributed by atoms with Gasteiger partial charge in [0.25, 0.3) is 5.69 Å². The lowest BCUT2D eigenvalue weighted by molar-refractivity contribution is -0.384. The molecule has 0 N–H and O–H groups in total. The standard InChI is InChI=1S/C25H31N5O5/c1-8-34-17(4)21-13-22(29-23(27-21)20(14-26-29)16(2)3)28(24(31)35-25(5,6)7)15-18-10-9-11-19(12-18)30(32)33/h9-14,16H,4,8,15H2,1-3,5-7H3. The van der Waals surface area contributed by atoms with Gasteiger partial charge in [0, 0.05) is 23.8 Å². The monoisotopic (exact) mass is 481 g/mol. The Hall–Kier alpha value is -3.95. The Morgan fingerprint density at radius 2 is 2.00 bits per heavy atom. The molecule has 0 spiro atoms. The number of aromatic nitrogens is 3. The summed E-state index contributed by atoms with van der Waals surface area (Å²) in [6.07, 6.45) is 1.08. The number of carbonyl (C=O) groups excluding carboxylic acids is 1. The van der Waals surface area contributed by atoms with Crippen LogP contribution in [-0.2, 0) is 16.0 Å². The molecule has 0 aliphatic rings. The fourth-order valence-electron chi connectivity index (χ4n) is 3.46. The van der Waals surface area contributed by atoms with Gasteiger partial charge in [-0.2, -0.15) is 9.61 Å². The number of hydrogen-bond acceptors (Lipinski definition) is 7. The SMILES string of the molecule is C=C(OCC)c1cc(N(Cc2cccc([N+](=O)[O-])c2)C(=O)OC(C)(C)C)n2ncc(C(C)C)c2n1. The molecule has 2 heterocycles. The largest absolute Gasteiger partial charge is 0.492 e. The molecule has 10 nitrogen and oxygen atoms in total. The maximum atomic E-state index is 13.4. The highest BCUT2D eigenvalue weighted by atomic mass is 16.6. The van der Waals surface area contributed by atoms with Crippen molar-refractivity contribution in [2.45, 2.75) is 59.6 Å². The second-order valence-electron chi connectivity index (χ2n) is 9.34. The third-order valence-electron chi connectivity index (χ3n) is 5.06. The summed E-state index contributed by atoms with van der Waals surface area (Å²) in [6, 6.07) is 7.78. The summed E-state index contributed by atoms with van der Waals surface area (Å²) in [7, 11) is 0. The van der Waals surface area contributed by atoms with Gasteiger partial charge in [-0.05, 0) is 39.2 Å². The minimum atomic E-state index is -0.769. The van der Waals surface area contributed by atoms with Crippen LogP contribution in [0.2, 0.25) is 0 Å². The number of benzene rings is 1. The highest BCUT2D eigenvalue weighted by Gasteiger charge is 2.28. The summed E-state index contributed by atoms with van der Waals surface area (Å²) >= 11 is 0. The Morgan fingerprint density at radius 1 is 1.29 bits per heavy atom. The van der Waals surface area contributed by atoms with Crippen molar-refractivity contribution < 1.29 is 19.2 Å². The van der Waals surface area contributed by atoms with E-state index in [1.165, 1.54) is 17.0 Å². The lowest BCUT2D eigenvalue weighted by atomic mass is 10.1. The third-order valence-corrected chi connectivity index (χ3v) is 5.06. The molecule has 0 saturated carbocycles. The number of nitro benzene ring substituents is 1. The molecule has 0 atom stereocenters. The lowest BCUT2D eigenvalue weighted by Crippen LogP contribution is -2.37. The number of anilines is 1. The van der Waals surface area contributed by atoms with E-state index >= 15 is 0 Å². The number of nitro groups is 1. The minimum absolute atomic E-state index is 0.00707. The van der Waals surface area contributed by atoms with Gasteiger partial charge in [-0.15, -0.1) is 0 Å². The van der Waals surface area contributed by atoms with E-state index in [0.29, 0.717) is 35.1 Å². The van der Waals surface area contributed by atoms with E-state index in [4.69, 9.17) is 14.5 Å². The Balaban J connectivity index is 2.22. The van der Waals surface area contributed by atoms with Gasteiger partial charge in [-0.25, -0.2) is 9.78 Å². The van der Waals surface area contributed by atoms with Crippen LogP contribution in [-0.4, -0.2) is 37.8 Å². The van der Waals surface area contributed by atoms with E-state index in [1.54, 1.807) is 49.7 Å². The van der Waals surface area contributed by atoms with Gasteiger partial charge in [0.2, 0.25) is 0 Å².